The molecule has 0 unspecified atom stereocenters. The number of nitriles is 1. The molecule has 1 aromatic carbocycles. The molecule has 0 bridgehead atoms. The van der Waals surface area contributed by atoms with Gasteiger partial charge in [0.05, 0.1) is 5.69 Å². The summed E-state index contributed by atoms with van der Waals surface area (Å²) in [6.07, 6.45) is 0. The molecule has 2 rings (SSSR count). The minimum absolute atomic E-state index is 0.403. The maximum Gasteiger partial charge on any atom is 0.227 e. The summed E-state index contributed by atoms with van der Waals surface area (Å²) in [4.78, 5) is 11.0. The zero-order valence-corrected chi connectivity index (χ0v) is 13.0. The third kappa shape index (κ3) is 3.19. The van der Waals surface area contributed by atoms with Crippen LogP contribution in [0.15, 0.2) is 24.3 Å². The van der Waals surface area contributed by atoms with E-state index in [0.29, 0.717) is 11.6 Å². The van der Waals surface area contributed by atoms with Gasteiger partial charge in [-0.3, -0.25) is 0 Å². The minimum Gasteiger partial charge on any atom is -0.341 e. The minimum atomic E-state index is 0.403. The Balaban J connectivity index is 2.55. The second-order valence-corrected chi connectivity index (χ2v) is 5.02. The summed E-state index contributed by atoms with van der Waals surface area (Å²) in [6, 6.07) is 10.1. The van der Waals surface area contributed by atoms with E-state index in [1.807, 2.05) is 11.0 Å². The van der Waals surface area contributed by atoms with E-state index in [-0.39, 0.29) is 0 Å². The van der Waals surface area contributed by atoms with Crippen LogP contribution in [0.3, 0.4) is 0 Å². The SMILES string of the molecule is CCN(CC)c1nc(C#N)cc(-c2ccc(C)c(C)c2)n1. The van der Waals surface area contributed by atoms with Gasteiger partial charge in [-0.25, -0.2) is 9.97 Å². The van der Waals surface area contributed by atoms with Crippen molar-refractivity contribution in [2.75, 3.05) is 18.0 Å². The van der Waals surface area contributed by atoms with Crippen molar-refractivity contribution in [1.29, 1.82) is 5.26 Å². The van der Waals surface area contributed by atoms with Crippen LogP contribution in [-0.2, 0) is 0 Å². The van der Waals surface area contributed by atoms with Gasteiger partial charge in [-0.2, -0.15) is 5.26 Å². The van der Waals surface area contributed by atoms with Gasteiger partial charge >= 0.3 is 0 Å². The third-order valence-electron chi connectivity index (χ3n) is 3.68. The summed E-state index contributed by atoms with van der Waals surface area (Å²) in [5.74, 6) is 0.618. The zero-order chi connectivity index (χ0) is 15.4. The summed E-state index contributed by atoms with van der Waals surface area (Å²) in [6.45, 7) is 9.91. The fourth-order valence-corrected chi connectivity index (χ4v) is 2.19. The van der Waals surface area contributed by atoms with Gasteiger partial charge in [-0.05, 0) is 44.9 Å². The van der Waals surface area contributed by atoms with Crippen LogP contribution in [0.1, 0.15) is 30.7 Å². The molecule has 0 fully saturated rings. The normalized spacial score (nSPS) is 10.2. The lowest BCUT2D eigenvalue weighted by Gasteiger charge is -2.19. The predicted octanol–water partition coefficient (Wildman–Crippen LogP) is 3.48. The average Bonchev–Trinajstić information content (AvgIpc) is 2.51. The van der Waals surface area contributed by atoms with Crippen LogP contribution in [0.5, 0.6) is 0 Å². The smallest absolute Gasteiger partial charge is 0.227 e. The maximum atomic E-state index is 9.20. The Morgan fingerprint density at radius 1 is 1.05 bits per heavy atom. The summed E-state index contributed by atoms with van der Waals surface area (Å²) in [5.41, 5.74) is 4.68. The molecular formula is C17H20N4. The quantitative estimate of drug-likeness (QED) is 0.860. The Labute approximate surface area is 126 Å². The van der Waals surface area contributed by atoms with E-state index in [4.69, 9.17) is 0 Å². The van der Waals surface area contributed by atoms with Gasteiger partial charge in [0.1, 0.15) is 11.8 Å². The molecule has 0 saturated carbocycles. The Bertz CT molecular complexity index is 682. The van der Waals surface area contributed by atoms with E-state index in [1.165, 1.54) is 11.1 Å². The van der Waals surface area contributed by atoms with Gasteiger partial charge < -0.3 is 4.90 Å². The van der Waals surface area contributed by atoms with Crippen molar-refractivity contribution in [2.45, 2.75) is 27.7 Å². The van der Waals surface area contributed by atoms with Crippen molar-refractivity contribution < 1.29 is 0 Å². The van der Waals surface area contributed by atoms with E-state index in [2.05, 4.69) is 55.9 Å². The number of aromatic nitrogens is 2. The summed E-state index contributed by atoms with van der Waals surface area (Å²) >= 11 is 0. The van der Waals surface area contributed by atoms with Crippen molar-refractivity contribution in [3.63, 3.8) is 0 Å². The largest absolute Gasteiger partial charge is 0.341 e. The van der Waals surface area contributed by atoms with Crippen molar-refractivity contribution in [3.8, 4) is 17.3 Å². The first-order valence-electron chi connectivity index (χ1n) is 7.20. The number of benzene rings is 1. The molecule has 0 N–H and O–H groups in total. The number of hydrogen-bond donors (Lipinski definition) is 0. The molecule has 1 aromatic heterocycles. The molecule has 0 saturated heterocycles. The Kier molecular flexibility index (Phi) is 4.54. The molecule has 0 aliphatic rings. The highest BCUT2D eigenvalue weighted by Crippen LogP contribution is 2.23. The van der Waals surface area contributed by atoms with Gasteiger partial charge in [-0.15, -0.1) is 0 Å². The van der Waals surface area contributed by atoms with E-state index in [0.717, 1.165) is 24.3 Å². The fraction of sp³-hybridized carbons (Fsp3) is 0.353. The molecule has 0 spiro atoms. The first-order valence-corrected chi connectivity index (χ1v) is 7.20. The first-order chi connectivity index (χ1) is 10.1. The van der Waals surface area contributed by atoms with Crippen LogP contribution in [0.25, 0.3) is 11.3 Å². The van der Waals surface area contributed by atoms with Crippen LogP contribution in [0.2, 0.25) is 0 Å². The number of nitrogens with zero attached hydrogens (tertiary/aromatic N) is 4. The lowest BCUT2D eigenvalue weighted by Crippen LogP contribution is -2.24. The van der Waals surface area contributed by atoms with Crippen LogP contribution in [-0.4, -0.2) is 23.1 Å². The van der Waals surface area contributed by atoms with Gasteiger partial charge in [0.2, 0.25) is 5.95 Å². The molecule has 21 heavy (non-hydrogen) atoms. The molecule has 2 aromatic rings. The maximum absolute atomic E-state index is 9.20. The van der Waals surface area contributed by atoms with Crippen LogP contribution in [0, 0.1) is 25.2 Å². The summed E-state index contributed by atoms with van der Waals surface area (Å²) in [5, 5.41) is 9.20. The van der Waals surface area contributed by atoms with Crippen molar-refractivity contribution in [2.24, 2.45) is 0 Å². The van der Waals surface area contributed by atoms with Gasteiger partial charge in [0, 0.05) is 24.7 Å². The molecule has 1 heterocycles. The molecule has 0 atom stereocenters. The predicted molar refractivity (Wildman–Crippen MR) is 85.2 cm³/mol. The molecular weight excluding hydrogens is 260 g/mol. The van der Waals surface area contributed by atoms with E-state index in [9.17, 15) is 5.26 Å². The number of aryl methyl sites for hydroxylation is 2. The molecule has 0 amide bonds. The monoisotopic (exact) mass is 280 g/mol. The molecule has 0 aliphatic heterocycles. The first kappa shape index (κ1) is 15.0. The number of rotatable bonds is 4. The van der Waals surface area contributed by atoms with Gasteiger partial charge in [-0.1, -0.05) is 12.1 Å². The van der Waals surface area contributed by atoms with Crippen molar-refractivity contribution in [3.05, 3.63) is 41.1 Å². The lowest BCUT2D eigenvalue weighted by atomic mass is 10.0. The van der Waals surface area contributed by atoms with E-state index < -0.39 is 0 Å². The topological polar surface area (TPSA) is 52.8 Å². The number of hydrogen-bond acceptors (Lipinski definition) is 4. The summed E-state index contributed by atoms with van der Waals surface area (Å²) < 4.78 is 0. The lowest BCUT2D eigenvalue weighted by molar-refractivity contribution is 0.820. The highest BCUT2D eigenvalue weighted by atomic mass is 15.2. The highest BCUT2D eigenvalue weighted by Gasteiger charge is 2.11. The standard InChI is InChI=1S/C17H20N4/c1-5-21(6-2)17-19-15(11-18)10-16(20-17)14-8-7-12(3)13(4)9-14/h7-10H,5-6H2,1-4H3. The fourth-order valence-electron chi connectivity index (χ4n) is 2.19. The Morgan fingerprint density at radius 2 is 1.76 bits per heavy atom. The van der Waals surface area contributed by atoms with Gasteiger partial charge in [0.15, 0.2) is 0 Å². The van der Waals surface area contributed by atoms with Crippen molar-refractivity contribution in [1.82, 2.24) is 9.97 Å². The van der Waals surface area contributed by atoms with Gasteiger partial charge in [0.25, 0.3) is 0 Å². The van der Waals surface area contributed by atoms with E-state index in [1.54, 1.807) is 6.07 Å². The van der Waals surface area contributed by atoms with Crippen LogP contribution < -0.4 is 4.90 Å². The summed E-state index contributed by atoms with van der Waals surface area (Å²) in [7, 11) is 0. The second kappa shape index (κ2) is 6.36. The zero-order valence-electron chi connectivity index (χ0n) is 13.0. The molecule has 4 heteroatoms. The highest BCUT2D eigenvalue weighted by molar-refractivity contribution is 5.63. The van der Waals surface area contributed by atoms with E-state index >= 15 is 0 Å². The second-order valence-electron chi connectivity index (χ2n) is 5.02. The molecule has 0 aliphatic carbocycles. The Hall–Kier alpha value is -2.41. The third-order valence-corrected chi connectivity index (χ3v) is 3.68. The molecule has 108 valence electrons. The Morgan fingerprint density at radius 3 is 2.33 bits per heavy atom. The molecule has 4 nitrogen and oxygen atoms in total. The number of anilines is 1. The van der Waals surface area contributed by atoms with Crippen molar-refractivity contribution >= 4 is 5.95 Å². The molecule has 0 radical (unpaired) electrons. The average molecular weight is 280 g/mol. The van der Waals surface area contributed by atoms with Crippen LogP contribution in [0.4, 0.5) is 5.95 Å². The van der Waals surface area contributed by atoms with Crippen LogP contribution >= 0.6 is 0 Å².